The number of hydrogen-bond acceptors (Lipinski definition) is 4. The van der Waals surface area contributed by atoms with E-state index in [1.807, 2.05) is 0 Å². The van der Waals surface area contributed by atoms with E-state index in [-0.39, 0.29) is 0 Å². The molecular weight excluding hydrogens is 250 g/mol. The molecule has 0 aliphatic carbocycles. The molecule has 1 aromatic heterocycles. The van der Waals surface area contributed by atoms with Gasteiger partial charge in [-0.2, -0.15) is 5.10 Å². The lowest BCUT2D eigenvalue weighted by atomic mass is 10.0. The van der Waals surface area contributed by atoms with Crippen molar-refractivity contribution in [1.29, 1.82) is 0 Å². The number of piperidine rings is 1. The van der Waals surface area contributed by atoms with Crippen LogP contribution in [0.25, 0.3) is 5.69 Å². The van der Waals surface area contributed by atoms with Crippen LogP contribution in [0.4, 0.5) is 0 Å². The van der Waals surface area contributed by atoms with Crippen LogP contribution in [-0.4, -0.2) is 45.8 Å². The second-order valence-electron chi connectivity index (χ2n) is 5.37. The maximum absolute atomic E-state index is 4.14. The number of rotatable bonds is 4. The fraction of sp³-hybridized carbons (Fsp3) is 0.467. The second kappa shape index (κ2) is 6.15. The Kier molecular flexibility index (Phi) is 4.08. The summed E-state index contributed by atoms with van der Waals surface area (Å²) in [6, 6.07) is 9.20. The highest BCUT2D eigenvalue weighted by molar-refractivity contribution is 5.33. The molecule has 5 nitrogen and oxygen atoms in total. The van der Waals surface area contributed by atoms with Crippen LogP contribution in [0.15, 0.2) is 36.9 Å². The van der Waals surface area contributed by atoms with Gasteiger partial charge in [-0.15, -0.1) is 0 Å². The van der Waals surface area contributed by atoms with Gasteiger partial charge in [0.1, 0.15) is 12.7 Å². The lowest BCUT2D eigenvalue weighted by Gasteiger charge is -2.32. The first-order chi connectivity index (χ1) is 9.85. The van der Waals surface area contributed by atoms with Gasteiger partial charge in [-0.05, 0) is 44.1 Å². The van der Waals surface area contributed by atoms with Gasteiger partial charge in [-0.3, -0.25) is 4.90 Å². The van der Waals surface area contributed by atoms with E-state index >= 15 is 0 Å². The van der Waals surface area contributed by atoms with E-state index in [9.17, 15) is 0 Å². The van der Waals surface area contributed by atoms with Crippen LogP contribution < -0.4 is 5.32 Å². The summed E-state index contributed by atoms with van der Waals surface area (Å²) in [6.45, 7) is 3.36. The van der Waals surface area contributed by atoms with Crippen molar-refractivity contribution in [3.8, 4) is 5.69 Å². The second-order valence-corrected chi connectivity index (χ2v) is 5.37. The molecule has 0 saturated carbocycles. The molecule has 20 heavy (non-hydrogen) atoms. The van der Waals surface area contributed by atoms with Crippen molar-refractivity contribution in [2.75, 3.05) is 20.1 Å². The van der Waals surface area contributed by atoms with Crippen molar-refractivity contribution in [1.82, 2.24) is 25.0 Å². The molecule has 106 valence electrons. The summed E-state index contributed by atoms with van der Waals surface area (Å²) >= 11 is 0. The summed E-state index contributed by atoms with van der Waals surface area (Å²) in [7, 11) is 2.06. The van der Waals surface area contributed by atoms with Crippen molar-refractivity contribution >= 4 is 0 Å². The largest absolute Gasteiger partial charge is 0.316 e. The van der Waals surface area contributed by atoms with Crippen LogP contribution in [0.5, 0.6) is 0 Å². The molecule has 0 radical (unpaired) electrons. The number of likely N-dealkylation sites (tertiary alicyclic amines) is 1. The molecule has 1 aliphatic heterocycles. The maximum atomic E-state index is 4.14. The van der Waals surface area contributed by atoms with E-state index in [0.29, 0.717) is 6.04 Å². The Hall–Kier alpha value is -1.72. The van der Waals surface area contributed by atoms with Gasteiger partial charge in [0.25, 0.3) is 0 Å². The monoisotopic (exact) mass is 271 g/mol. The summed E-state index contributed by atoms with van der Waals surface area (Å²) in [6.07, 6.45) is 5.84. The molecule has 0 amide bonds. The van der Waals surface area contributed by atoms with Gasteiger partial charge >= 0.3 is 0 Å². The minimum atomic E-state index is 0.637. The van der Waals surface area contributed by atoms with Gasteiger partial charge in [0, 0.05) is 19.1 Å². The summed E-state index contributed by atoms with van der Waals surface area (Å²) in [5.74, 6) is 0. The lowest BCUT2D eigenvalue weighted by molar-refractivity contribution is 0.188. The van der Waals surface area contributed by atoms with Gasteiger partial charge in [-0.1, -0.05) is 12.1 Å². The first kappa shape index (κ1) is 13.3. The zero-order chi connectivity index (χ0) is 13.8. The highest BCUT2D eigenvalue weighted by Crippen LogP contribution is 2.15. The molecule has 1 N–H and O–H groups in total. The van der Waals surface area contributed by atoms with Gasteiger partial charge in [0.15, 0.2) is 0 Å². The maximum Gasteiger partial charge on any atom is 0.138 e. The van der Waals surface area contributed by atoms with E-state index in [1.54, 1.807) is 17.3 Å². The number of benzene rings is 1. The van der Waals surface area contributed by atoms with Crippen LogP contribution in [0.3, 0.4) is 0 Å². The smallest absolute Gasteiger partial charge is 0.138 e. The summed E-state index contributed by atoms with van der Waals surface area (Å²) in [5, 5.41) is 7.53. The average Bonchev–Trinajstić information content (AvgIpc) is 3.02. The molecule has 2 heterocycles. The van der Waals surface area contributed by atoms with Crippen LogP contribution in [0, 0.1) is 0 Å². The van der Waals surface area contributed by atoms with E-state index < -0.39 is 0 Å². The number of hydrogen-bond donors (Lipinski definition) is 1. The molecule has 1 aromatic carbocycles. The Labute approximate surface area is 119 Å². The van der Waals surface area contributed by atoms with Crippen molar-refractivity contribution in [3.63, 3.8) is 0 Å². The molecule has 1 atom stereocenters. The van der Waals surface area contributed by atoms with E-state index in [0.717, 1.165) is 18.8 Å². The van der Waals surface area contributed by atoms with E-state index in [1.165, 1.54) is 24.9 Å². The third-order valence-corrected chi connectivity index (χ3v) is 3.94. The fourth-order valence-electron chi connectivity index (χ4n) is 2.79. The molecule has 5 heteroatoms. The predicted molar refractivity (Wildman–Crippen MR) is 78.7 cm³/mol. The van der Waals surface area contributed by atoms with Crippen molar-refractivity contribution in [3.05, 3.63) is 42.5 Å². The first-order valence-electron chi connectivity index (χ1n) is 7.19. The zero-order valence-electron chi connectivity index (χ0n) is 11.9. The fourth-order valence-corrected chi connectivity index (χ4v) is 2.79. The Morgan fingerprint density at radius 3 is 2.85 bits per heavy atom. The average molecular weight is 271 g/mol. The third-order valence-electron chi connectivity index (χ3n) is 3.94. The summed E-state index contributed by atoms with van der Waals surface area (Å²) in [4.78, 5) is 6.49. The van der Waals surface area contributed by atoms with Crippen molar-refractivity contribution in [2.45, 2.75) is 25.4 Å². The minimum Gasteiger partial charge on any atom is -0.316 e. The third kappa shape index (κ3) is 3.05. The lowest BCUT2D eigenvalue weighted by Crippen LogP contribution is -2.43. The number of aromatic nitrogens is 3. The molecule has 1 aliphatic rings. The van der Waals surface area contributed by atoms with Gasteiger partial charge in [0.05, 0.1) is 5.69 Å². The Morgan fingerprint density at radius 2 is 2.15 bits per heavy atom. The van der Waals surface area contributed by atoms with Crippen LogP contribution in [-0.2, 0) is 6.54 Å². The SMILES string of the molecule is CNC1CCCN(Cc2ccc(-n3cncn3)cc2)C1. The van der Waals surface area contributed by atoms with E-state index in [2.05, 4.69) is 51.6 Å². The van der Waals surface area contributed by atoms with Gasteiger partial charge in [0.2, 0.25) is 0 Å². The Balaban J connectivity index is 1.63. The highest BCUT2D eigenvalue weighted by atomic mass is 15.3. The summed E-state index contributed by atoms with van der Waals surface area (Å²) < 4.78 is 1.78. The molecule has 3 rings (SSSR count). The molecule has 0 spiro atoms. The quantitative estimate of drug-likeness (QED) is 0.914. The van der Waals surface area contributed by atoms with Crippen molar-refractivity contribution < 1.29 is 0 Å². The zero-order valence-corrected chi connectivity index (χ0v) is 11.9. The number of nitrogens with zero attached hydrogens (tertiary/aromatic N) is 4. The molecule has 0 bridgehead atoms. The first-order valence-corrected chi connectivity index (χ1v) is 7.19. The minimum absolute atomic E-state index is 0.637. The van der Waals surface area contributed by atoms with Crippen LogP contribution >= 0.6 is 0 Å². The molecule has 2 aromatic rings. The normalized spacial score (nSPS) is 20.1. The standard InChI is InChI=1S/C15H21N5/c1-16-14-3-2-8-19(10-14)9-13-4-6-15(7-5-13)20-12-17-11-18-20/h4-7,11-12,14,16H,2-3,8-10H2,1H3. The number of likely N-dealkylation sites (N-methyl/N-ethyl adjacent to an activating group) is 1. The molecule has 1 fully saturated rings. The Morgan fingerprint density at radius 1 is 1.30 bits per heavy atom. The summed E-state index contributed by atoms with van der Waals surface area (Å²) in [5.41, 5.74) is 2.41. The molecular formula is C15H21N5. The molecule has 1 unspecified atom stereocenters. The van der Waals surface area contributed by atoms with Gasteiger partial charge < -0.3 is 5.32 Å². The Bertz CT molecular complexity index is 520. The van der Waals surface area contributed by atoms with Crippen molar-refractivity contribution in [2.24, 2.45) is 0 Å². The molecule has 1 saturated heterocycles. The van der Waals surface area contributed by atoms with E-state index in [4.69, 9.17) is 0 Å². The number of nitrogens with one attached hydrogen (secondary N) is 1. The van der Waals surface area contributed by atoms with Crippen LogP contribution in [0.1, 0.15) is 18.4 Å². The van der Waals surface area contributed by atoms with Crippen LogP contribution in [0.2, 0.25) is 0 Å². The van der Waals surface area contributed by atoms with Gasteiger partial charge in [-0.25, -0.2) is 9.67 Å². The topological polar surface area (TPSA) is 46.0 Å². The highest BCUT2D eigenvalue weighted by Gasteiger charge is 2.18. The predicted octanol–water partition coefficient (Wildman–Crippen LogP) is 1.45.